The fourth-order valence-corrected chi connectivity index (χ4v) is 4.08. The third-order valence-electron chi connectivity index (χ3n) is 5.28. The van der Waals surface area contributed by atoms with E-state index in [1.165, 1.54) is 6.42 Å². The van der Waals surface area contributed by atoms with Crippen LogP contribution in [0.3, 0.4) is 0 Å². The molecule has 1 amide bonds. The van der Waals surface area contributed by atoms with Crippen molar-refractivity contribution in [3.05, 3.63) is 47.5 Å². The molecular weight excluding hydrogens is 302 g/mol. The fraction of sp³-hybridized carbons (Fsp3) is 0.500. The Kier molecular flexibility index (Phi) is 4.06. The maximum atomic E-state index is 12.0. The number of amides is 1. The Hall–Kier alpha value is -2.21. The molecule has 2 N–H and O–H groups in total. The predicted octanol–water partition coefficient (Wildman–Crippen LogP) is 1.63. The average Bonchev–Trinajstić information content (AvgIpc) is 3.20. The van der Waals surface area contributed by atoms with Gasteiger partial charge in [0.15, 0.2) is 0 Å². The Morgan fingerprint density at radius 3 is 2.58 bits per heavy atom. The summed E-state index contributed by atoms with van der Waals surface area (Å²) in [5.41, 5.74) is 6.67. The summed E-state index contributed by atoms with van der Waals surface area (Å²) in [5, 5.41) is 8.75. The van der Waals surface area contributed by atoms with Crippen LogP contribution in [-0.2, 0) is 17.8 Å². The van der Waals surface area contributed by atoms with Gasteiger partial charge in [-0.2, -0.15) is 0 Å². The molecule has 1 atom stereocenters. The molecule has 1 fully saturated rings. The number of rotatable bonds is 4. The van der Waals surface area contributed by atoms with Gasteiger partial charge in [0.2, 0.25) is 5.91 Å². The van der Waals surface area contributed by atoms with Crippen molar-refractivity contribution in [3.8, 4) is 0 Å². The molecule has 1 saturated heterocycles. The number of fused-ring (bicyclic) bond motifs is 1. The zero-order valence-electron chi connectivity index (χ0n) is 13.8. The first kappa shape index (κ1) is 15.3. The van der Waals surface area contributed by atoms with Crippen LogP contribution in [0.2, 0.25) is 0 Å². The average molecular weight is 325 g/mol. The van der Waals surface area contributed by atoms with Gasteiger partial charge in [-0.25, -0.2) is 0 Å². The lowest BCUT2D eigenvalue weighted by molar-refractivity contribution is -0.124. The number of piperidine rings is 1. The maximum absolute atomic E-state index is 12.0. The zero-order chi connectivity index (χ0) is 16.5. The van der Waals surface area contributed by atoms with E-state index in [0.717, 1.165) is 56.1 Å². The second-order valence-electron chi connectivity index (χ2n) is 6.76. The number of aryl methyl sites for hydroxylation is 1. The minimum absolute atomic E-state index is 0.275. The highest BCUT2D eigenvalue weighted by Gasteiger charge is 2.32. The van der Waals surface area contributed by atoms with Gasteiger partial charge in [-0.15, -0.1) is 10.2 Å². The van der Waals surface area contributed by atoms with E-state index >= 15 is 0 Å². The number of hydrogen-bond acceptors (Lipinski definition) is 4. The Morgan fingerprint density at radius 2 is 1.88 bits per heavy atom. The van der Waals surface area contributed by atoms with Crippen LogP contribution < -0.4 is 5.73 Å². The minimum Gasteiger partial charge on any atom is -0.368 e. The van der Waals surface area contributed by atoms with Gasteiger partial charge in [0.1, 0.15) is 17.7 Å². The Morgan fingerprint density at radius 1 is 1.12 bits per heavy atom. The van der Waals surface area contributed by atoms with Gasteiger partial charge in [0.05, 0.1) is 0 Å². The molecule has 4 rings (SSSR count). The lowest BCUT2D eigenvalue weighted by atomic mass is 9.93. The quantitative estimate of drug-likeness (QED) is 0.927. The summed E-state index contributed by atoms with van der Waals surface area (Å²) in [5.74, 6) is 2.43. The van der Waals surface area contributed by atoms with Gasteiger partial charge in [-0.05, 0) is 37.9 Å². The number of carbonyl (C=O) groups is 1. The summed E-state index contributed by atoms with van der Waals surface area (Å²) in [6.45, 7) is 2.76. The minimum atomic E-state index is -0.337. The maximum Gasteiger partial charge on any atom is 0.239 e. The van der Waals surface area contributed by atoms with Crippen molar-refractivity contribution in [1.82, 2.24) is 19.7 Å². The van der Waals surface area contributed by atoms with Crippen LogP contribution in [0.1, 0.15) is 48.4 Å². The van der Waals surface area contributed by atoms with E-state index in [4.69, 9.17) is 5.73 Å². The van der Waals surface area contributed by atoms with E-state index in [1.54, 1.807) is 0 Å². The smallest absolute Gasteiger partial charge is 0.239 e. The van der Waals surface area contributed by atoms with Crippen LogP contribution in [0.4, 0.5) is 0 Å². The van der Waals surface area contributed by atoms with Crippen LogP contribution in [0.5, 0.6) is 0 Å². The first-order chi connectivity index (χ1) is 11.7. The molecular formula is C18H23N5O. The van der Waals surface area contributed by atoms with Crippen LogP contribution >= 0.6 is 0 Å². The molecule has 0 aliphatic carbocycles. The van der Waals surface area contributed by atoms with Gasteiger partial charge >= 0.3 is 0 Å². The van der Waals surface area contributed by atoms with E-state index in [-0.39, 0.29) is 11.9 Å². The van der Waals surface area contributed by atoms with Crippen molar-refractivity contribution in [2.45, 2.75) is 44.2 Å². The SMILES string of the molecule is NC(=O)[C@H](c1ccccc1)N1CCC(c2nnc3n2CCC3)CC1. The standard InChI is InChI=1S/C18H23N5O/c19-17(24)16(13-5-2-1-3-6-13)22-11-8-14(9-12-22)18-21-20-15-7-4-10-23(15)18/h1-3,5-6,14,16H,4,7-12H2,(H2,19,24)/t16-/m0/s1. The number of nitrogens with zero attached hydrogens (tertiary/aromatic N) is 4. The molecule has 0 spiro atoms. The lowest BCUT2D eigenvalue weighted by Crippen LogP contribution is -2.42. The molecule has 0 bridgehead atoms. The second kappa shape index (κ2) is 6.36. The first-order valence-electron chi connectivity index (χ1n) is 8.74. The van der Waals surface area contributed by atoms with Gasteiger partial charge < -0.3 is 10.3 Å². The predicted molar refractivity (Wildman–Crippen MR) is 90.3 cm³/mol. The Labute approximate surface area is 141 Å². The van der Waals surface area contributed by atoms with Crippen LogP contribution in [-0.4, -0.2) is 38.7 Å². The van der Waals surface area contributed by atoms with Crippen molar-refractivity contribution in [1.29, 1.82) is 0 Å². The van der Waals surface area contributed by atoms with E-state index in [2.05, 4.69) is 19.7 Å². The highest BCUT2D eigenvalue weighted by molar-refractivity contribution is 5.81. The van der Waals surface area contributed by atoms with Crippen molar-refractivity contribution >= 4 is 5.91 Å². The molecule has 2 aliphatic rings. The molecule has 0 radical (unpaired) electrons. The van der Waals surface area contributed by atoms with Crippen molar-refractivity contribution < 1.29 is 4.79 Å². The van der Waals surface area contributed by atoms with E-state index in [9.17, 15) is 4.79 Å². The van der Waals surface area contributed by atoms with Crippen LogP contribution in [0.25, 0.3) is 0 Å². The topological polar surface area (TPSA) is 77.0 Å². The normalized spacial score (nSPS) is 20.0. The third kappa shape index (κ3) is 2.71. The number of likely N-dealkylation sites (tertiary alicyclic amines) is 1. The molecule has 0 unspecified atom stereocenters. The number of carbonyl (C=O) groups excluding carboxylic acids is 1. The second-order valence-corrected chi connectivity index (χ2v) is 6.76. The molecule has 2 aromatic rings. The first-order valence-corrected chi connectivity index (χ1v) is 8.74. The number of benzene rings is 1. The van der Waals surface area contributed by atoms with Crippen LogP contribution in [0, 0.1) is 0 Å². The molecule has 1 aromatic carbocycles. The molecule has 126 valence electrons. The van der Waals surface area contributed by atoms with E-state index < -0.39 is 0 Å². The van der Waals surface area contributed by atoms with Gasteiger partial charge in [0, 0.05) is 18.9 Å². The highest BCUT2D eigenvalue weighted by Crippen LogP contribution is 2.32. The fourth-order valence-electron chi connectivity index (χ4n) is 4.08. The van der Waals surface area contributed by atoms with Crippen molar-refractivity contribution in [3.63, 3.8) is 0 Å². The number of hydrogen-bond donors (Lipinski definition) is 1. The Balaban J connectivity index is 1.48. The molecule has 0 saturated carbocycles. The summed E-state index contributed by atoms with van der Waals surface area (Å²) in [6, 6.07) is 9.49. The summed E-state index contributed by atoms with van der Waals surface area (Å²) < 4.78 is 2.29. The van der Waals surface area contributed by atoms with Crippen molar-refractivity contribution in [2.75, 3.05) is 13.1 Å². The molecule has 2 aliphatic heterocycles. The highest BCUT2D eigenvalue weighted by atomic mass is 16.1. The number of aromatic nitrogens is 3. The summed E-state index contributed by atoms with van der Waals surface area (Å²) in [7, 11) is 0. The molecule has 24 heavy (non-hydrogen) atoms. The van der Waals surface area contributed by atoms with Gasteiger partial charge in [0.25, 0.3) is 0 Å². The molecule has 6 heteroatoms. The zero-order valence-corrected chi connectivity index (χ0v) is 13.8. The molecule has 3 heterocycles. The monoisotopic (exact) mass is 325 g/mol. The lowest BCUT2D eigenvalue weighted by Gasteiger charge is -2.36. The number of primary amides is 1. The third-order valence-corrected chi connectivity index (χ3v) is 5.28. The molecule has 6 nitrogen and oxygen atoms in total. The van der Waals surface area contributed by atoms with Gasteiger partial charge in [-0.1, -0.05) is 30.3 Å². The largest absolute Gasteiger partial charge is 0.368 e. The summed E-state index contributed by atoms with van der Waals surface area (Å²) in [6.07, 6.45) is 4.21. The van der Waals surface area contributed by atoms with Crippen LogP contribution in [0.15, 0.2) is 30.3 Å². The molecule has 1 aromatic heterocycles. The summed E-state index contributed by atoms with van der Waals surface area (Å²) in [4.78, 5) is 14.2. The van der Waals surface area contributed by atoms with Gasteiger partial charge in [-0.3, -0.25) is 9.69 Å². The summed E-state index contributed by atoms with van der Waals surface area (Å²) >= 11 is 0. The van der Waals surface area contributed by atoms with Crippen molar-refractivity contribution in [2.24, 2.45) is 5.73 Å². The number of nitrogens with two attached hydrogens (primary N) is 1. The Bertz CT molecular complexity index is 718. The van der Waals surface area contributed by atoms with E-state index in [1.807, 2.05) is 30.3 Å². The van der Waals surface area contributed by atoms with E-state index in [0.29, 0.717) is 5.92 Å².